The molecule has 4 heteroatoms. The lowest BCUT2D eigenvalue weighted by Gasteiger charge is -2.22. The van der Waals surface area contributed by atoms with Gasteiger partial charge < -0.3 is 15.4 Å². The van der Waals surface area contributed by atoms with Crippen molar-refractivity contribution in [1.29, 1.82) is 0 Å². The lowest BCUT2D eigenvalue weighted by atomic mass is 10.0. The summed E-state index contributed by atoms with van der Waals surface area (Å²) in [4.78, 5) is 12.1. The molecule has 0 aliphatic rings. The van der Waals surface area contributed by atoms with Gasteiger partial charge in [0.15, 0.2) is 0 Å². The largest absolute Gasteiger partial charge is 0.496 e. The van der Waals surface area contributed by atoms with Gasteiger partial charge in [0.05, 0.1) is 13.2 Å². The Balaban J connectivity index is 2.80. The highest BCUT2D eigenvalue weighted by Gasteiger charge is 2.19. The van der Waals surface area contributed by atoms with E-state index in [0.717, 1.165) is 17.7 Å². The molecule has 0 spiro atoms. The highest BCUT2D eigenvalue weighted by molar-refractivity contribution is 5.79. The minimum Gasteiger partial charge on any atom is -0.496 e. The molecule has 2 atom stereocenters. The minimum atomic E-state index is -0.0474. The molecule has 106 valence electrons. The Morgan fingerprint density at radius 1 is 1.37 bits per heavy atom. The summed E-state index contributed by atoms with van der Waals surface area (Å²) < 4.78 is 5.35. The summed E-state index contributed by atoms with van der Waals surface area (Å²) in [6.07, 6.45) is 0.832. The summed E-state index contributed by atoms with van der Waals surface area (Å²) in [6.45, 7) is 4.65. The zero-order valence-corrected chi connectivity index (χ0v) is 12.2. The van der Waals surface area contributed by atoms with Crippen molar-refractivity contribution in [3.63, 3.8) is 0 Å². The summed E-state index contributed by atoms with van der Waals surface area (Å²) in [6, 6.07) is 7.80. The van der Waals surface area contributed by atoms with E-state index in [0.29, 0.717) is 6.54 Å². The smallest absolute Gasteiger partial charge is 0.224 e. The summed E-state index contributed by atoms with van der Waals surface area (Å²) in [5.74, 6) is 0.830. The molecular weight excluding hydrogens is 240 g/mol. The van der Waals surface area contributed by atoms with Gasteiger partial charge in [-0.3, -0.25) is 4.79 Å². The quantitative estimate of drug-likeness (QED) is 0.793. The molecule has 2 unspecified atom stereocenters. The van der Waals surface area contributed by atoms with Crippen LogP contribution < -0.4 is 15.4 Å². The van der Waals surface area contributed by atoms with E-state index in [-0.39, 0.29) is 17.9 Å². The van der Waals surface area contributed by atoms with Crippen LogP contribution in [0.25, 0.3) is 0 Å². The first-order chi connectivity index (χ1) is 9.13. The lowest BCUT2D eigenvalue weighted by molar-refractivity contribution is -0.125. The van der Waals surface area contributed by atoms with Gasteiger partial charge in [0, 0.05) is 18.0 Å². The molecule has 4 nitrogen and oxygen atoms in total. The van der Waals surface area contributed by atoms with Crippen molar-refractivity contribution in [3.05, 3.63) is 29.8 Å². The molecule has 0 bridgehead atoms. The standard InChI is InChI=1S/C15H24N2O2/c1-5-13(17-15(18)11(2)10-16-3)12-8-6-7-9-14(12)19-4/h6-9,11,13,16H,5,10H2,1-4H3,(H,17,18). The Labute approximate surface area is 115 Å². The molecule has 0 aromatic heterocycles. The van der Waals surface area contributed by atoms with Gasteiger partial charge in [0.1, 0.15) is 5.75 Å². The average molecular weight is 264 g/mol. The van der Waals surface area contributed by atoms with Crippen LogP contribution in [0.1, 0.15) is 31.9 Å². The average Bonchev–Trinajstić information content (AvgIpc) is 2.44. The second-order valence-corrected chi connectivity index (χ2v) is 4.67. The van der Waals surface area contributed by atoms with E-state index in [1.54, 1.807) is 7.11 Å². The second kappa shape index (κ2) is 7.79. The molecule has 0 saturated carbocycles. The van der Waals surface area contributed by atoms with E-state index in [2.05, 4.69) is 17.6 Å². The van der Waals surface area contributed by atoms with E-state index < -0.39 is 0 Å². The molecule has 19 heavy (non-hydrogen) atoms. The molecule has 2 N–H and O–H groups in total. The zero-order chi connectivity index (χ0) is 14.3. The van der Waals surface area contributed by atoms with E-state index >= 15 is 0 Å². The number of rotatable bonds is 7. The second-order valence-electron chi connectivity index (χ2n) is 4.67. The molecule has 0 heterocycles. The SMILES string of the molecule is CCC(NC(=O)C(C)CNC)c1ccccc1OC. The van der Waals surface area contributed by atoms with Crippen LogP contribution in [0.15, 0.2) is 24.3 Å². The Kier molecular flexibility index (Phi) is 6.36. The third kappa shape index (κ3) is 4.24. The molecule has 1 aromatic rings. The molecular formula is C15H24N2O2. The summed E-state index contributed by atoms with van der Waals surface area (Å²) >= 11 is 0. The van der Waals surface area contributed by atoms with Crippen LogP contribution in [0.2, 0.25) is 0 Å². The molecule has 0 saturated heterocycles. The molecule has 1 amide bonds. The number of methoxy groups -OCH3 is 1. The van der Waals surface area contributed by atoms with Crippen LogP contribution in [0.4, 0.5) is 0 Å². The minimum absolute atomic E-state index is 0.0112. The molecule has 1 rings (SSSR count). The molecule has 0 aliphatic carbocycles. The summed E-state index contributed by atoms with van der Waals surface area (Å²) in [7, 11) is 3.50. The first-order valence-electron chi connectivity index (χ1n) is 6.71. The maximum Gasteiger partial charge on any atom is 0.224 e. The van der Waals surface area contributed by atoms with Gasteiger partial charge in [-0.25, -0.2) is 0 Å². The number of ether oxygens (including phenoxy) is 1. The highest BCUT2D eigenvalue weighted by atomic mass is 16.5. The Hall–Kier alpha value is -1.55. The Bertz CT molecular complexity index is 407. The van der Waals surface area contributed by atoms with Gasteiger partial charge in [-0.05, 0) is 19.5 Å². The van der Waals surface area contributed by atoms with Gasteiger partial charge in [-0.2, -0.15) is 0 Å². The van der Waals surface area contributed by atoms with Gasteiger partial charge in [-0.1, -0.05) is 32.0 Å². The number of hydrogen-bond acceptors (Lipinski definition) is 3. The van der Waals surface area contributed by atoms with Crippen LogP contribution in [0.3, 0.4) is 0 Å². The molecule has 0 aliphatic heterocycles. The number of hydrogen-bond donors (Lipinski definition) is 2. The van der Waals surface area contributed by atoms with Crippen molar-refractivity contribution in [2.45, 2.75) is 26.3 Å². The van der Waals surface area contributed by atoms with Crippen molar-refractivity contribution >= 4 is 5.91 Å². The number of nitrogens with one attached hydrogen (secondary N) is 2. The van der Waals surface area contributed by atoms with Crippen LogP contribution >= 0.6 is 0 Å². The predicted octanol–water partition coefficient (Wildman–Crippen LogP) is 2.12. The van der Waals surface area contributed by atoms with E-state index in [4.69, 9.17) is 4.74 Å². The van der Waals surface area contributed by atoms with Gasteiger partial charge in [0.25, 0.3) is 0 Å². The summed E-state index contributed by atoms with van der Waals surface area (Å²) in [5, 5.41) is 6.10. The van der Waals surface area contributed by atoms with Gasteiger partial charge in [0.2, 0.25) is 5.91 Å². The maximum absolute atomic E-state index is 12.1. The topological polar surface area (TPSA) is 50.4 Å². The maximum atomic E-state index is 12.1. The zero-order valence-electron chi connectivity index (χ0n) is 12.2. The monoisotopic (exact) mass is 264 g/mol. The van der Waals surface area contributed by atoms with Crippen molar-refractivity contribution in [1.82, 2.24) is 10.6 Å². The Morgan fingerprint density at radius 3 is 2.63 bits per heavy atom. The van der Waals surface area contributed by atoms with Crippen molar-refractivity contribution in [2.24, 2.45) is 5.92 Å². The fourth-order valence-electron chi connectivity index (χ4n) is 2.07. The van der Waals surface area contributed by atoms with Crippen LogP contribution in [-0.2, 0) is 4.79 Å². The van der Waals surface area contributed by atoms with E-state index in [1.807, 2.05) is 38.2 Å². The third-order valence-electron chi connectivity index (χ3n) is 3.20. The Morgan fingerprint density at radius 2 is 2.05 bits per heavy atom. The number of amides is 1. The molecule has 1 aromatic carbocycles. The lowest BCUT2D eigenvalue weighted by Crippen LogP contribution is -2.36. The third-order valence-corrected chi connectivity index (χ3v) is 3.20. The van der Waals surface area contributed by atoms with Gasteiger partial charge in [-0.15, -0.1) is 0 Å². The number of carbonyl (C=O) groups excluding carboxylic acids is 1. The normalized spacial score (nSPS) is 13.7. The number of carbonyl (C=O) groups is 1. The fourth-order valence-corrected chi connectivity index (χ4v) is 2.07. The molecule has 0 radical (unpaired) electrons. The van der Waals surface area contributed by atoms with Crippen molar-refractivity contribution in [3.8, 4) is 5.75 Å². The van der Waals surface area contributed by atoms with Gasteiger partial charge >= 0.3 is 0 Å². The van der Waals surface area contributed by atoms with Crippen molar-refractivity contribution in [2.75, 3.05) is 20.7 Å². The first kappa shape index (κ1) is 15.5. The number of benzene rings is 1. The van der Waals surface area contributed by atoms with Crippen molar-refractivity contribution < 1.29 is 9.53 Å². The first-order valence-corrected chi connectivity index (χ1v) is 6.71. The molecule has 0 fully saturated rings. The van der Waals surface area contributed by atoms with Crippen LogP contribution in [0.5, 0.6) is 5.75 Å². The van der Waals surface area contributed by atoms with E-state index in [9.17, 15) is 4.79 Å². The van der Waals surface area contributed by atoms with E-state index in [1.165, 1.54) is 0 Å². The van der Waals surface area contributed by atoms with Crippen LogP contribution in [0, 0.1) is 5.92 Å². The predicted molar refractivity (Wildman–Crippen MR) is 77.3 cm³/mol. The number of para-hydroxylation sites is 1. The highest BCUT2D eigenvalue weighted by Crippen LogP contribution is 2.26. The fraction of sp³-hybridized carbons (Fsp3) is 0.533. The van der Waals surface area contributed by atoms with Crippen LogP contribution in [-0.4, -0.2) is 26.6 Å². The summed E-state index contributed by atoms with van der Waals surface area (Å²) in [5.41, 5.74) is 1.03.